The Hall–Kier alpha value is -0.960. The van der Waals surface area contributed by atoms with E-state index in [-0.39, 0.29) is 35.0 Å². The zero-order valence-electron chi connectivity index (χ0n) is 17.6. The number of aliphatic hydroxyl groups excluding tert-OH is 1. The maximum Gasteiger partial charge on any atom is 0.303 e. The maximum absolute atomic E-state index is 12.8. The van der Waals surface area contributed by atoms with Crippen molar-refractivity contribution in [3.05, 3.63) is 0 Å². The molecule has 4 N–H and O–H groups in total. The fourth-order valence-electron chi connectivity index (χ4n) is 2.47. The van der Waals surface area contributed by atoms with Crippen molar-refractivity contribution in [1.29, 1.82) is 0 Å². The summed E-state index contributed by atoms with van der Waals surface area (Å²) >= 11 is 1.07. The van der Waals surface area contributed by atoms with Gasteiger partial charge >= 0.3 is 5.97 Å². The third kappa shape index (κ3) is 11.5. The largest absolute Gasteiger partial charge is 0.481 e. The zero-order chi connectivity index (χ0) is 21.4. The highest BCUT2D eigenvalue weighted by atomic mass is 32.2. The summed E-state index contributed by atoms with van der Waals surface area (Å²) < 4.78 is 0. The Kier molecular flexibility index (Phi) is 10.7. The van der Waals surface area contributed by atoms with Crippen LogP contribution in [-0.2, 0) is 14.4 Å². The minimum absolute atomic E-state index is 0.0201. The molecule has 0 saturated heterocycles. The number of carboxylic acids is 1. The lowest BCUT2D eigenvalue weighted by molar-refractivity contribution is -0.137. The molecular weight excluding hydrogens is 368 g/mol. The molecule has 0 aromatic heterocycles. The van der Waals surface area contributed by atoms with Gasteiger partial charge in [-0.15, -0.1) is 0 Å². The summed E-state index contributed by atoms with van der Waals surface area (Å²) in [6.07, 6.45) is -0.653. The Morgan fingerprint density at radius 3 is 2.04 bits per heavy atom. The van der Waals surface area contributed by atoms with E-state index < -0.39 is 29.7 Å². The van der Waals surface area contributed by atoms with Crippen molar-refractivity contribution < 1.29 is 24.6 Å². The number of rotatable bonds is 11. The Morgan fingerprint density at radius 1 is 1.07 bits per heavy atom. The van der Waals surface area contributed by atoms with Gasteiger partial charge in [0.05, 0.1) is 6.04 Å². The number of ketones is 1. The first-order valence-corrected chi connectivity index (χ1v) is 10.3. The van der Waals surface area contributed by atoms with Gasteiger partial charge in [0.15, 0.2) is 10.9 Å². The van der Waals surface area contributed by atoms with Gasteiger partial charge in [0, 0.05) is 35.6 Å². The molecule has 0 heterocycles. The summed E-state index contributed by atoms with van der Waals surface area (Å²) in [5.74, 6) is -0.832. The van der Waals surface area contributed by atoms with Gasteiger partial charge in [-0.1, -0.05) is 39.5 Å². The molecule has 1 unspecified atom stereocenters. The van der Waals surface area contributed by atoms with Crippen LogP contribution in [0.5, 0.6) is 0 Å². The van der Waals surface area contributed by atoms with Crippen LogP contribution in [0, 0.1) is 5.41 Å². The summed E-state index contributed by atoms with van der Waals surface area (Å²) in [5.41, 5.74) is -0.983. The summed E-state index contributed by atoms with van der Waals surface area (Å²) in [6.45, 7) is 12.9. The highest BCUT2D eigenvalue weighted by molar-refractivity contribution is 8.13. The summed E-state index contributed by atoms with van der Waals surface area (Å²) in [6, 6.07) is -1.27. The van der Waals surface area contributed by atoms with Gasteiger partial charge in [-0.25, -0.2) is 0 Å². The number of hydrogen-bond donors (Lipinski definition) is 4. The van der Waals surface area contributed by atoms with Crippen molar-refractivity contribution in [3.8, 4) is 0 Å². The van der Waals surface area contributed by atoms with Crippen molar-refractivity contribution in [2.24, 2.45) is 5.41 Å². The smallest absolute Gasteiger partial charge is 0.303 e. The predicted octanol–water partition coefficient (Wildman–Crippen LogP) is 2.17. The quantitative estimate of drug-likeness (QED) is 0.387. The number of carbonyl (C=O) groups excluding carboxylic acids is 2. The van der Waals surface area contributed by atoms with Crippen molar-refractivity contribution in [2.45, 2.75) is 91.6 Å². The minimum atomic E-state index is -1.13. The fraction of sp³-hybridized carbons (Fsp3) is 0.842. The summed E-state index contributed by atoms with van der Waals surface area (Å²) in [7, 11) is 0. The molecule has 7 nitrogen and oxygen atoms in total. The topological polar surface area (TPSA) is 116 Å². The second-order valence-electron chi connectivity index (χ2n) is 8.75. The van der Waals surface area contributed by atoms with Crippen LogP contribution >= 0.6 is 11.8 Å². The second-order valence-corrected chi connectivity index (χ2v) is 9.83. The number of hydrogen-bond acceptors (Lipinski definition) is 7. The molecule has 0 fully saturated rings. The first kappa shape index (κ1) is 26.0. The van der Waals surface area contributed by atoms with Crippen LogP contribution in [0.3, 0.4) is 0 Å². The Labute approximate surface area is 167 Å². The number of carbonyl (C=O) groups is 3. The van der Waals surface area contributed by atoms with Crippen molar-refractivity contribution >= 4 is 28.6 Å². The molecule has 0 aliphatic heterocycles. The van der Waals surface area contributed by atoms with Gasteiger partial charge in [-0.2, -0.15) is 0 Å². The van der Waals surface area contributed by atoms with Crippen LogP contribution in [0.4, 0.5) is 0 Å². The molecule has 27 heavy (non-hydrogen) atoms. The Morgan fingerprint density at radius 2 is 1.63 bits per heavy atom. The maximum atomic E-state index is 12.8. The number of nitrogens with one attached hydrogen (secondary N) is 2. The lowest BCUT2D eigenvalue weighted by atomic mass is 9.86. The number of thioether (sulfide) groups is 1. The monoisotopic (exact) mass is 404 g/mol. The van der Waals surface area contributed by atoms with E-state index in [1.165, 1.54) is 0 Å². The first-order valence-electron chi connectivity index (χ1n) is 9.31. The lowest BCUT2D eigenvalue weighted by Crippen LogP contribution is -2.58. The standard InChI is InChI=1S/C19H36N2O5S/c1-8-15(24)27-11-13(16(25)18(2,3)4)20-17(26)12(9-10-14(22)23)21-19(5,6)7/h12-13,17,20-21,26H,8-11H2,1-7H3,(H,22,23)/t12-,13-,17?/m0/s1. The molecule has 0 bridgehead atoms. The molecule has 0 aromatic carbocycles. The summed E-state index contributed by atoms with van der Waals surface area (Å²) in [5, 5.41) is 25.8. The van der Waals surface area contributed by atoms with Gasteiger partial charge in [-0.05, 0) is 27.2 Å². The van der Waals surface area contributed by atoms with Crippen molar-refractivity contribution in [3.63, 3.8) is 0 Å². The van der Waals surface area contributed by atoms with E-state index in [0.717, 1.165) is 11.8 Å². The molecule has 158 valence electrons. The molecule has 0 saturated carbocycles. The zero-order valence-corrected chi connectivity index (χ0v) is 18.4. The number of Topliss-reactive ketones (excluding diaryl/α,β-unsaturated/α-hetero) is 1. The highest BCUT2D eigenvalue weighted by Gasteiger charge is 2.34. The van der Waals surface area contributed by atoms with E-state index in [9.17, 15) is 19.5 Å². The molecule has 8 heteroatoms. The van der Waals surface area contributed by atoms with E-state index in [1.807, 2.05) is 20.8 Å². The number of carboxylic acid groups (broad SMARTS) is 1. The Bertz CT molecular complexity index is 511. The van der Waals surface area contributed by atoms with E-state index in [0.29, 0.717) is 6.42 Å². The molecule has 0 amide bonds. The molecule has 3 atom stereocenters. The van der Waals surface area contributed by atoms with Crippen LogP contribution in [0.2, 0.25) is 0 Å². The number of aliphatic hydroxyl groups is 1. The average Bonchev–Trinajstić information content (AvgIpc) is 2.51. The van der Waals surface area contributed by atoms with E-state index >= 15 is 0 Å². The van der Waals surface area contributed by atoms with Gasteiger partial charge < -0.3 is 15.5 Å². The first-order chi connectivity index (χ1) is 12.2. The van der Waals surface area contributed by atoms with Gasteiger partial charge in [0.2, 0.25) is 0 Å². The molecule has 0 aliphatic rings. The van der Waals surface area contributed by atoms with Crippen LogP contribution in [0.1, 0.15) is 67.7 Å². The SMILES string of the molecule is CCC(=O)SC[C@H](NC(O)[C@H](CCC(=O)O)NC(C)(C)C)C(=O)C(C)(C)C. The molecule has 0 rings (SSSR count). The predicted molar refractivity (Wildman–Crippen MR) is 109 cm³/mol. The molecule has 0 aliphatic carbocycles. The van der Waals surface area contributed by atoms with Crippen LogP contribution in [-0.4, -0.2) is 56.7 Å². The second kappa shape index (κ2) is 11.1. The Balaban J connectivity index is 5.30. The molecule has 0 aromatic rings. The van der Waals surface area contributed by atoms with Crippen molar-refractivity contribution in [1.82, 2.24) is 10.6 Å². The molecule has 0 radical (unpaired) electrons. The van der Waals surface area contributed by atoms with Gasteiger partial charge in [-0.3, -0.25) is 19.7 Å². The van der Waals surface area contributed by atoms with E-state index in [1.54, 1.807) is 27.7 Å². The molecule has 0 spiro atoms. The third-order valence-corrected chi connectivity index (χ3v) is 4.91. The number of aliphatic carboxylic acids is 1. The lowest BCUT2D eigenvalue weighted by Gasteiger charge is -2.34. The van der Waals surface area contributed by atoms with Gasteiger partial charge in [0.1, 0.15) is 6.23 Å². The van der Waals surface area contributed by atoms with E-state index in [2.05, 4.69) is 10.6 Å². The van der Waals surface area contributed by atoms with Crippen LogP contribution in [0.25, 0.3) is 0 Å². The highest BCUT2D eigenvalue weighted by Crippen LogP contribution is 2.21. The summed E-state index contributed by atoms with van der Waals surface area (Å²) in [4.78, 5) is 35.4. The fourth-order valence-corrected chi connectivity index (χ4v) is 3.27. The third-order valence-electron chi connectivity index (χ3n) is 3.80. The minimum Gasteiger partial charge on any atom is -0.481 e. The normalized spacial score (nSPS) is 15.9. The van der Waals surface area contributed by atoms with Crippen LogP contribution < -0.4 is 10.6 Å². The van der Waals surface area contributed by atoms with Gasteiger partial charge in [0.25, 0.3) is 0 Å². The molecular formula is C19H36N2O5S. The van der Waals surface area contributed by atoms with Crippen molar-refractivity contribution in [2.75, 3.05) is 5.75 Å². The van der Waals surface area contributed by atoms with E-state index in [4.69, 9.17) is 5.11 Å². The average molecular weight is 405 g/mol. The van der Waals surface area contributed by atoms with Crippen LogP contribution in [0.15, 0.2) is 0 Å².